The normalized spacial score (nSPS) is 13.7. The highest BCUT2D eigenvalue weighted by atomic mass is 31.1. The molecule has 15 heavy (non-hydrogen) atoms. The van der Waals surface area contributed by atoms with E-state index in [1.165, 1.54) is 16.4 Å². The first-order valence-electron chi connectivity index (χ1n) is 5.49. The van der Waals surface area contributed by atoms with Crippen molar-refractivity contribution in [3.8, 4) is 0 Å². The topological polar surface area (TPSA) is 0 Å². The van der Waals surface area contributed by atoms with E-state index < -0.39 is 0 Å². The molecule has 0 bridgehead atoms. The summed E-state index contributed by atoms with van der Waals surface area (Å²) in [5, 5.41) is 1.43. The lowest BCUT2D eigenvalue weighted by molar-refractivity contribution is 0.556. The van der Waals surface area contributed by atoms with Crippen molar-refractivity contribution in [2.45, 2.75) is 26.7 Å². The lowest BCUT2D eigenvalue weighted by Crippen LogP contribution is -2.08. The van der Waals surface area contributed by atoms with E-state index in [0.717, 1.165) is 8.58 Å². The molecule has 0 aliphatic heterocycles. The van der Waals surface area contributed by atoms with Gasteiger partial charge < -0.3 is 0 Å². The second-order valence-electron chi connectivity index (χ2n) is 4.44. The molecule has 1 aromatic rings. The smallest absolute Gasteiger partial charge is 0.00657 e. The minimum atomic E-state index is 0.499. The molecule has 0 N–H and O–H groups in total. The molecule has 0 heterocycles. The van der Waals surface area contributed by atoms with Crippen LogP contribution in [0.2, 0.25) is 0 Å². The van der Waals surface area contributed by atoms with E-state index in [-0.39, 0.29) is 0 Å². The Bertz CT molecular complexity index is 322. The molecule has 0 radical (unpaired) electrons. The highest BCUT2D eigenvalue weighted by Crippen LogP contribution is 2.30. The van der Waals surface area contributed by atoms with Crippen molar-refractivity contribution in [2.24, 2.45) is 5.92 Å². The second-order valence-corrected chi connectivity index (χ2v) is 5.52. The fourth-order valence-corrected chi connectivity index (χ4v) is 2.60. The summed E-state index contributed by atoms with van der Waals surface area (Å²) in [6.07, 6.45) is 0. The Morgan fingerprint density at radius 2 is 1.73 bits per heavy atom. The van der Waals surface area contributed by atoms with Crippen molar-refractivity contribution >= 4 is 13.9 Å². The quantitative estimate of drug-likeness (QED) is 0.532. The van der Waals surface area contributed by atoms with E-state index in [4.69, 9.17) is 0 Å². The van der Waals surface area contributed by atoms with Gasteiger partial charge in [0.25, 0.3) is 0 Å². The first-order chi connectivity index (χ1) is 7.06. The first kappa shape index (κ1) is 12.5. The zero-order valence-electron chi connectivity index (χ0n) is 10.2. The Morgan fingerprint density at radius 1 is 1.20 bits per heavy atom. The van der Waals surface area contributed by atoms with Crippen molar-refractivity contribution in [3.63, 3.8) is 0 Å². The first-order valence-corrected chi connectivity index (χ1v) is 6.99. The Kier molecular flexibility index (Phi) is 4.54. The standard InChI is InChI=1S/C14H21P/c1-10(2)14(11(3)4)12-6-8-13(15-5)9-7-12/h6-9,11,14-15H,1H2,2-5H3. The van der Waals surface area contributed by atoms with Gasteiger partial charge in [-0.3, -0.25) is 0 Å². The van der Waals surface area contributed by atoms with Gasteiger partial charge in [-0.05, 0) is 30.4 Å². The average Bonchev–Trinajstić information content (AvgIpc) is 2.18. The zero-order valence-corrected chi connectivity index (χ0v) is 11.2. The van der Waals surface area contributed by atoms with E-state index in [0.29, 0.717) is 11.8 Å². The third-order valence-corrected chi connectivity index (χ3v) is 3.67. The summed E-state index contributed by atoms with van der Waals surface area (Å²) in [6, 6.07) is 8.99. The monoisotopic (exact) mass is 220 g/mol. The molecule has 0 aliphatic rings. The van der Waals surface area contributed by atoms with Gasteiger partial charge in [-0.2, -0.15) is 0 Å². The molecule has 0 fully saturated rings. The molecule has 2 atom stereocenters. The average molecular weight is 220 g/mol. The minimum absolute atomic E-state index is 0.499. The maximum absolute atomic E-state index is 4.10. The Morgan fingerprint density at radius 3 is 2.07 bits per heavy atom. The summed E-state index contributed by atoms with van der Waals surface area (Å²) in [7, 11) is 0.887. The van der Waals surface area contributed by atoms with Gasteiger partial charge in [0, 0.05) is 5.92 Å². The summed E-state index contributed by atoms with van der Waals surface area (Å²) in [5.74, 6) is 1.12. The Hall–Kier alpha value is -0.610. The molecular formula is C14H21P. The molecule has 1 aromatic carbocycles. The van der Waals surface area contributed by atoms with Crippen molar-refractivity contribution in [1.82, 2.24) is 0 Å². The highest BCUT2D eigenvalue weighted by molar-refractivity contribution is 7.46. The summed E-state index contributed by atoms with van der Waals surface area (Å²) < 4.78 is 0. The zero-order chi connectivity index (χ0) is 11.4. The predicted molar refractivity (Wildman–Crippen MR) is 72.7 cm³/mol. The molecule has 0 saturated heterocycles. The molecular weight excluding hydrogens is 199 g/mol. The molecule has 0 amide bonds. The van der Waals surface area contributed by atoms with E-state index in [1.54, 1.807) is 0 Å². The molecule has 0 saturated carbocycles. The number of hydrogen-bond acceptors (Lipinski definition) is 0. The molecule has 0 spiro atoms. The summed E-state index contributed by atoms with van der Waals surface area (Å²) in [6.45, 7) is 13.0. The molecule has 1 heteroatoms. The van der Waals surface area contributed by atoms with Gasteiger partial charge in [-0.1, -0.05) is 58.8 Å². The van der Waals surface area contributed by atoms with Crippen LogP contribution in [0.4, 0.5) is 0 Å². The fraction of sp³-hybridized carbons (Fsp3) is 0.429. The van der Waals surface area contributed by atoms with Crippen LogP contribution in [0.1, 0.15) is 32.3 Å². The number of allylic oxidation sites excluding steroid dienone is 1. The van der Waals surface area contributed by atoms with Gasteiger partial charge in [0.05, 0.1) is 0 Å². The van der Waals surface area contributed by atoms with Crippen molar-refractivity contribution in [1.29, 1.82) is 0 Å². The van der Waals surface area contributed by atoms with Crippen LogP contribution in [-0.2, 0) is 0 Å². The summed E-state index contributed by atoms with van der Waals surface area (Å²) in [5.41, 5.74) is 2.66. The van der Waals surface area contributed by atoms with Gasteiger partial charge in [0.1, 0.15) is 0 Å². The van der Waals surface area contributed by atoms with Gasteiger partial charge >= 0.3 is 0 Å². The fourth-order valence-electron chi connectivity index (χ4n) is 2.10. The van der Waals surface area contributed by atoms with Crippen molar-refractivity contribution in [2.75, 3.05) is 6.66 Å². The number of hydrogen-bond donors (Lipinski definition) is 0. The number of rotatable bonds is 4. The maximum atomic E-state index is 4.10. The molecule has 2 unspecified atom stereocenters. The van der Waals surface area contributed by atoms with Gasteiger partial charge in [0.2, 0.25) is 0 Å². The van der Waals surface area contributed by atoms with Crippen molar-refractivity contribution < 1.29 is 0 Å². The third-order valence-electron chi connectivity index (χ3n) is 2.76. The second kappa shape index (κ2) is 5.47. The summed E-state index contributed by atoms with van der Waals surface area (Å²) in [4.78, 5) is 0. The molecule has 0 aliphatic carbocycles. The Balaban J connectivity index is 2.97. The molecule has 0 aromatic heterocycles. The van der Waals surface area contributed by atoms with Crippen LogP contribution >= 0.6 is 8.58 Å². The highest BCUT2D eigenvalue weighted by Gasteiger charge is 2.15. The van der Waals surface area contributed by atoms with Crippen LogP contribution in [0, 0.1) is 5.92 Å². The van der Waals surface area contributed by atoms with Crippen LogP contribution < -0.4 is 5.30 Å². The van der Waals surface area contributed by atoms with Crippen LogP contribution in [0.15, 0.2) is 36.4 Å². The van der Waals surface area contributed by atoms with Gasteiger partial charge in [0.15, 0.2) is 0 Å². The van der Waals surface area contributed by atoms with Crippen molar-refractivity contribution in [3.05, 3.63) is 42.0 Å². The van der Waals surface area contributed by atoms with E-state index >= 15 is 0 Å². The summed E-state index contributed by atoms with van der Waals surface area (Å²) >= 11 is 0. The van der Waals surface area contributed by atoms with Crippen LogP contribution in [-0.4, -0.2) is 6.66 Å². The molecule has 82 valence electrons. The SMILES string of the molecule is C=C(C)C(c1ccc(PC)cc1)C(C)C. The molecule has 1 rings (SSSR count). The number of benzene rings is 1. The predicted octanol–water partition coefficient (Wildman–Crippen LogP) is 3.94. The van der Waals surface area contributed by atoms with E-state index in [9.17, 15) is 0 Å². The lowest BCUT2D eigenvalue weighted by atomic mass is 9.84. The third kappa shape index (κ3) is 3.18. The van der Waals surface area contributed by atoms with Gasteiger partial charge in [-0.15, -0.1) is 0 Å². The van der Waals surface area contributed by atoms with Crippen LogP contribution in [0.3, 0.4) is 0 Å². The minimum Gasteiger partial charge on any atom is -0.0995 e. The maximum Gasteiger partial charge on any atom is 0.00657 e. The molecule has 0 nitrogen and oxygen atoms in total. The van der Waals surface area contributed by atoms with Crippen LogP contribution in [0.25, 0.3) is 0 Å². The Labute approximate surface area is 95.6 Å². The van der Waals surface area contributed by atoms with Crippen LogP contribution in [0.5, 0.6) is 0 Å². The van der Waals surface area contributed by atoms with E-state index in [2.05, 4.69) is 58.3 Å². The lowest BCUT2D eigenvalue weighted by Gasteiger charge is -2.21. The largest absolute Gasteiger partial charge is 0.0995 e. The van der Waals surface area contributed by atoms with Gasteiger partial charge in [-0.25, -0.2) is 0 Å². The van der Waals surface area contributed by atoms with E-state index in [1.807, 2.05) is 0 Å².